The minimum Gasteiger partial charge on any atom is -0.374 e. The summed E-state index contributed by atoms with van der Waals surface area (Å²) in [4.78, 5) is 6.48. The van der Waals surface area contributed by atoms with E-state index in [2.05, 4.69) is 16.0 Å². The Morgan fingerprint density at radius 2 is 2.04 bits per heavy atom. The Morgan fingerprint density at radius 3 is 2.78 bits per heavy atom. The molecule has 2 aliphatic rings. The molecule has 0 bridgehead atoms. The second-order valence-corrected chi connectivity index (χ2v) is 6.65. The van der Waals surface area contributed by atoms with Crippen LogP contribution in [0.15, 0.2) is 48.8 Å². The Morgan fingerprint density at radius 1 is 1.17 bits per heavy atom. The third-order valence-electron chi connectivity index (χ3n) is 5.21. The van der Waals surface area contributed by atoms with Crippen LogP contribution in [0.1, 0.15) is 30.7 Å². The largest absolute Gasteiger partial charge is 0.374 e. The van der Waals surface area contributed by atoms with E-state index >= 15 is 0 Å². The fourth-order valence-corrected chi connectivity index (χ4v) is 3.87. The number of ether oxygens (including phenoxy) is 1. The van der Waals surface area contributed by atoms with Gasteiger partial charge in [-0.25, -0.2) is 4.39 Å². The number of pyridine rings is 1. The zero-order valence-electron chi connectivity index (χ0n) is 13.1. The second kappa shape index (κ2) is 5.93. The molecule has 0 amide bonds. The number of benzene rings is 1. The summed E-state index contributed by atoms with van der Waals surface area (Å²) in [7, 11) is 0. The molecular formula is C19H21FN2O. The van der Waals surface area contributed by atoms with E-state index in [0.29, 0.717) is 5.92 Å². The number of piperidine rings is 1. The number of hydrogen-bond donors (Lipinski definition) is 0. The van der Waals surface area contributed by atoms with E-state index in [9.17, 15) is 4.39 Å². The molecule has 1 unspecified atom stereocenters. The molecule has 2 saturated heterocycles. The van der Waals surface area contributed by atoms with Gasteiger partial charge < -0.3 is 9.64 Å². The van der Waals surface area contributed by atoms with Crippen LogP contribution in [-0.4, -0.2) is 30.3 Å². The van der Waals surface area contributed by atoms with Crippen LogP contribution in [0.3, 0.4) is 0 Å². The number of hydrogen-bond acceptors (Lipinski definition) is 3. The monoisotopic (exact) mass is 312 g/mol. The van der Waals surface area contributed by atoms with Crippen molar-refractivity contribution in [2.45, 2.75) is 30.8 Å². The Bertz CT molecular complexity index is 668. The summed E-state index contributed by atoms with van der Waals surface area (Å²) < 4.78 is 19.6. The van der Waals surface area contributed by atoms with Crippen molar-refractivity contribution in [2.24, 2.45) is 0 Å². The predicted octanol–water partition coefficient (Wildman–Crippen LogP) is 3.76. The first-order valence-electron chi connectivity index (χ1n) is 8.29. The van der Waals surface area contributed by atoms with Crippen molar-refractivity contribution in [2.75, 3.05) is 24.6 Å². The Balaban J connectivity index is 1.42. The smallest absolute Gasteiger partial charge is 0.125 e. The lowest BCUT2D eigenvalue weighted by Gasteiger charge is -2.39. The molecule has 23 heavy (non-hydrogen) atoms. The molecule has 2 aromatic rings. The molecule has 4 rings (SSSR count). The molecule has 1 aromatic heterocycles. The fourth-order valence-electron chi connectivity index (χ4n) is 3.87. The molecule has 4 heteroatoms. The average Bonchev–Trinajstić information content (AvgIpc) is 3.00. The van der Waals surface area contributed by atoms with Gasteiger partial charge in [0.25, 0.3) is 0 Å². The van der Waals surface area contributed by atoms with E-state index in [4.69, 9.17) is 4.74 Å². The zero-order chi connectivity index (χ0) is 15.7. The molecule has 2 fully saturated rings. The minimum absolute atomic E-state index is 0.00959. The van der Waals surface area contributed by atoms with Crippen molar-refractivity contribution in [3.05, 3.63) is 60.2 Å². The molecule has 120 valence electrons. The van der Waals surface area contributed by atoms with Gasteiger partial charge in [-0.05, 0) is 49.1 Å². The highest BCUT2D eigenvalue weighted by atomic mass is 19.1. The van der Waals surface area contributed by atoms with E-state index in [-0.39, 0.29) is 11.4 Å². The second-order valence-electron chi connectivity index (χ2n) is 6.65. The third-order valence-corrected chi connectivity index (χ3v) is 5.21. The van der Waals surface area contributed by atoms with E-state index in [1.807, 2.05) is 24.5 Å². The molecular weight excluding hydrogens is 291 g/mol. The van der Waals surface area contributed by atoms with Crippen LogP contribution < -0.4 is 4.90 Å². The first-order chi connectivity index (χ1) is 11.2. The predicted molar refractivity (Wildman–Crippen MR) is 88.1 cm³/mol. The van der Waals surface area contributed by atoms with Gasteiger partial charge in [-0.2, -0.15) is 0 Å². The topological polar surface area (TPSA) is 25.4 Å². The maximum absolute atomic E-state index is 13.4. The van der Waals surface area contributed by atoms with Gasteiger partial charge in [0.05, 0.1) is 12.2 Å². The van der Waals surface area contributed by atoms with Crippen LogP contribution in [-0.2, 0) is 4.74 Å². The van der Waals surface area contributed by atoms with Crippen LogP contribution in [0.2, 0.25) is 0 Å². The molecule has 1 aromatic carbocycles. The summed E-state index contributed by atoms with van der Waals surface area (Å²) in [5.41, 5.74) is 2.24. The number of nitrogens with zero attached hydrogens (tertiary/aromatic N) is 2. The van der Waals surface area contributed by atoms with Crippen molar-refractivity contribution in [3.63, 3.8) is 0 Å². The summed E-state index contributed by atoms with van der Waals surface area (Å²) in [5.74, 6) is 0.279. The van der Waals surface area contributed by atoms with Gasteiger partial charge >= 0.3 is 0 Å². The van der Waals surface area contributed by atoms with E-state index < -0.39 is 0 Å². The van der Waals surface area contributed by atoms with Gasteiger partial charge in [0, 0.05) is 37.1 Å². The van der Waals surface area contributed by atoms with Crippen molar-refractivity contribution in [1.29, 1.82) is 0 Å². The van der Waals surface area contributed by atoms with Crippen LogP contribution in [0.5, 0.6) is 0 Å². The minimum atomic E-state index is -0.170. The van der Waals surface area contributed by atoms with Crippen molar-refractivity contribution in [3.8, 4) is 0 Å². The molecule has 0 radical (unpaired) electrons. The highest BCUT2D eigenvalue weighted by Crippen LogP contribution is 2.43. The zero-order valence-corrected chi connectivity index (χ0v) is 13.1. The van der Waals surface area contributed by atoms with Crippen molar-refractivity contribution in [1.82, 2.24) is 4.98 Å². The van der Waals surface area contributed by atoms with Crippen LogP contribution in [0, 0.1) is 5.82 Å². The molecule has 3 nitrogen and oxygen atoms in total. The summed E-state index contributed by atoms with van der Waals surface area (Å²) in [6.07, 6.45) is 6.83. The van der Waals surface area contributed by atoms with Crippen molar-refractivity contribution < 1.29 is 9.13 Å². The van der Waals surface area contributed by atoms with Crippen LogP contribution >= 0.6 is 0 Å². The van der Waals surface area contributed by atoms with E-state index in [1.54, 1.807) is 12.1 Å². The van der Waals surface area contributed by atoms with Gasteiger partial charge in [0.15, 0.2) is 0 Å². The molecule has 1 spiro atoms. The standard InChI is InChI=1S/C19H21FN2O/c20-17-4-1-5-18(11-17)22-9-6-19(7-10-22)12-16(14-23-19)15-3-2-8-21-13-15/h1-5,8,11,13,16H,6-7,9-10,12,14H2. The van der Waals surface area contributed by atoms with Crippen LogP contribution in [0.4, 0.5) is 10.1 Å². The van der Waals surface area contributed by atoms with Crippen LogP contribution in [0.25, 0.3) is 0 Å². The lowest BCUT2D eigenvalue weighted by atomic mass is 9.83. The van der Waals surface area contributed by atoms with Gasteiger partial charge in [0.2, 0.25) is 0 Å². The molecule has 2 aliphatic heterocycles. The quantitative estimate of drug-likeness (QED) is 0.844. The molecule has 3 heterocycles. The van der Waals surface area contributed by atoms with E-state index in [1.165, 1.54) is 11.6 Å². The fraction of sp³-hybridized carbons (Fsp3) is 0.421. The highest BCUT2D eigenvalue weighted by molar-refractivity contribution is 5.47. The maximum Gasteiger partial charge on any atom is 0.125 e. The number of rotatable bonds is 2. The average molecular weight is 312 g/mol. The summed E-state index contributed by atoms with van der Waals surface area (Å²) in [5, 5.41) is 0. The lowest BCUT2D eigenvalue weighted by molar-refractivity contribution is -0.0148. The first-order valence-corrected chi connectivity index (χ1v) is 8.29. The van der Waals surface area contributed by atoms with Crippen molar-refractivity contribution >= 4 is 5.69 Å². The normalized spacial score (nSPS) is 23.3. The van der Waals surface area contributed by atoms with E-state index in [0.717, 1.165) is 44.6 Å². The number of anilines is 1. The summed E-state index contributed by atoms with van der Waals surface area (Å²) >= 11 is 0. The lowest BCUT2D eigenvalue weighted by Crippen LogP contribution is -2.44. The number of aromatic nitrogens is 1. The van der Waals surface area contributed by atoms with Gasteiger partial charge in [-0.1, -0.05) is 12.1 Å². The van der Waals surface area contributed by atoms with Gasteiger partial charge in [-0.15, -0.1) is 0 Å². The SMILES string of the molecule is Fc1cccc(N2CCC3(CC2)CC(c2cccnc2)CO3)c1. The first kappa shape index (κ1) is 14.6. The Hall–Kier alpha value is -1.94. The summed E-state index contributed by atoms with van der Waals surface area (Å²) in [6, 6.07) is 11.0. The number of halogens is 1. The Kier molecular flexibility index (Phi) is 3.77. The van der Waals surface area contributed by atoms with Gasteiger partial charge in [-0.3, -0.25) is 4.98 Å². The highest BCUT2D eigenvalue weighted by Gasteiger charge is 2.43. The third kappa shape index (κ3) is 2.95. The van der Waals surface area contributed by atoms with Gasteiger partial charge in [0.1, 0.15) is 5.82 Å². The molecule has 0 N–H and O–H groups in total. The summed E-state index contributed by atoms with van der Waals surface area (Å²) in [6.45, 7) is 2.62. The molecule has 0 saturated carbocycles. The molecule has 1 atom stereocenters. The molecule has 0 aliphatic carbocycles. The Labute approximate surface area is 136 Å². The maximum atomic E-state index is 13.4.